The molecule has 0 bridgehead atoms. The van der Waals surface area contributed by atoms with Gasteiger partial charge in [-0.25, -0.2) is 0 Å². The summed E-state index contributed by atoms with van der Waals surface area (Å²) in [5.74, 6) is 0. The van der Waals surface area contributed by atoms with Crippen LogP contribution in [0.3, 0.4) is 0 Å². The molecule has 0 amide bonds. The Hall–Kier alpha value is -0.580. The molecule has 0 aromatic heterocycles. The monoisotopic (exact) mass is 327 g/mol. The molecule has 1 atom stereocenters. The van der Waals surface area contributed by atoms with Crippen LogP contribution < -0.4 is 4.90 Å². The topological polar surface area (TPSA) is 32.7 Å². The molecule has 1 N–H and O–H groups in total. The lowest BCUT2D eigenvalue weighted by Crippen LogP contribution is -2.37. The fraction of sp³-hybridized carbons (Fsp3) is 0.600. The molecule has 1 heterocycles. The average molecular weight is 328 g/mol. The molecule has 0 aliphatic carbocycles. The highest BCUT2D eigenvalue weighted by molar-refractivity contribution is 9.10. The van der Waals surface area contributed by atoms with E-state index < -0.39 is 6.10 Å². The summed E-state index contributed by atoms with van der Waals surface area (Å²) in [5.41, 5.74) is 2.15. The van der Waals surface area contributed by atoms with E-state index in [-0.39, 0.29) is 0 Å². The minimum atomic E-state index is -0.422. The van der Waals surface area contributed by atoms with Crippen LogP contribution in [0.5, 0.6) is 0 Å². The number of halogens is 1. The van der Waals surface area contributed by atoms with E-state index >= 15 is 0 Å². The molecular formula is C15H22BrNO2. The van der Waals surface area contributed by atoms with Gasteiger partial charge in [-0.1, -0.05) is 6.07 Å². The van der Waals surface area contributed by atoms with Crippen molar-refractivity contribution >= 4 is 21.6 Å². The molecule has 1 aliphatic heterocycles. The number of aliphatic hydroxyl groups is 1. The van der Waals surface area contributed by atoms with Crippen molar-refractivity contribution in [1.29, 1.82) is 0 Å². The first-order valence-corrected chi connectivity index (χ1v) is 7.75. The molecule has 1 aromatic carbocycles. The Labute approximate surface area is 123 Å². The third-order valence-electron chi connectivity index (χ3n) is 3.64. The second-order valence-electron chi connectivity index (χ2n) is 5.03. The number of nitrogens with zero attached hydrogens (tertiary/aromatic N) is 1. The van der Waals surface area contributed by atoms with Gasteiger partial charge in [0.15, 0.2) is 0 Å². The molecule has 3 nitrogen and oxygen atoms in total. The minimum Gasteiger partial charge on any atom is -0.389 e. The van der Waals surface area contributed by atoms with Gasteiger partial charge in [0.05, 0.1) is 17.9 Å². The molecule has 1 fully saturated rings. The first-order chi connectivity index (χ1) is 9.11. The zero-order valence-corrected chi connectivity index (χ0v) is 13.2. The molecular weight excluding hydrogens is 306 g/mol. The van der Waals surface area contributed by atoms with Crippen LogP contribution in [0, 0.1) is 0 Å². The van der Waals surface area contributed by atoms with Gasteiger partial charge in [0.2, 0.25) is 0 Å². The van der Waals surface area contributed by atoms with E-state index in [0.29, 0.717) is 6.10 Å². The molecule has 2 rings (SSSR count). The molecule has 1 aromatic rings. The summed E-state index contributed by atoms with van der Waals surface area (Å²) in [7, 11) is 0. The molecule has 4 heteroatoms. The Morgan fingerprint density at radius 2 is 2.11 bits per heavy atom. The van der Waals surface area contributed by atoms with E-state index in [9.17, 15) is 5.11 Å². The number of rotatable bonds is 4. The molecule has 1 saturated heterocycles. The standard InChI is InChI=1S/C15H22BrNO2/c1-3-19-13-6-8-17(9-7-13)15-5-4-12(11(2)18)10-14(15)16/h4-5,10-11,13,18H,3,6-9H2,1-2H3. The number of hydrogen-bond acceptors (Lipinski definition) is 3. The van der Waals surface area contributed by atoms with Crippen molar-refractivity contribution in [1.82, 2.24) is 0 Å². The molecule has 106 valence electrons. The normalized spacial score (nSPS) is 18.6. The molecule has 0 spiro atoms. The number of aliphatic hydroxyl groups excluding tert-OH is 1. The lowest BCUT2D eigenvalue weighted by Gasteiger charge is -2.34. The minimum absolute atomic E-state index is 0.414. The highest BCUT2D eigenvalue weighted by atomic mass is 79.9. The Bertz CT molecular complexity index is 415. The zero-order valence-electron chi connectivity index (χ0n) is 11.6. The van der Waals surface area contributed by atoms with Gasteiger partial charge < -0.3 is 14.7 Å². The predicted octanol–water partition coefficient (Wildman–Crippen LogP) is 3.51. The zero-order chi connectivity index (χ0) is 13.8. The Morgan fingerprint density at radius 1 is 1.42 bits per heavy atom. The summed E-state index contributed by atoms with van der Waals surface area (Å²) >= 11 is 3.61. The summed E-state index contributed by atoms with van der Waals surface area (Å²) in [5, 5.41) is 9.59. The van der Waals surface area contributed by atoms with E-state index in [1.807, 2.05) is 12.1 Å². The largest absolute Gasteiger partial charge is 0.389 e. The maximum absolute atomic E-state index is 9.59. The van der Waals surface area contributed by atoms with E-state index in [4.69, 9.17) is 4.74 Å². The first-order valence-electron chi connectivity index (χ1n) is 6.96. The van der Waals surface area contributed by atoms with Crippen molar-refractivity contribution in [2.24, 2.45) is 0 Å². The SMILES string of the molecule is CCOC1CCN(c2ccc(C(C)O)cc2Br)CC1. The second-order valence-corrected chi connectivity index (χ2v) is 5.88. The quantitative estimate of drug-likeness (QED) is 0.918. The predicted molar refractivity (Wildman–Crippen MR) is 81.6 cm³/mol. The maximum Gasteiger partial charge on any atom is 0.0762 e. The van der Waals surface area contributed by atoms with Crippen LogP contribution in [-0.2, 0) is 4.74 Å². The fourth-order valence-electron chi connectivity index (χ4n) is 2.54. The number of hydrogen-bond donors (Lipinski definition) is 1. The van der Waals surface area contributed by atoms with Gasteiger partial charge in [-0.3, -0.25) is 0 Å². The Kier molecular flexibility index (Phi) is 5.25. The molecule has 0 saturated carbocycles. The van der Waals surface area contributed by atoms with Crippen LogP contribution in [0.4, 0.5) is 5.69 Å². The highest BCUT2D eigenvalue weighted by Gasteiger charge is 2.21. The molecule has 19 heavy (non-hydrogen) atoms. The summed E-state index contributed by atoms with van der Waals surface area (Å²) in [6.07, 6.45) is 2.16. The molecule has 1 unspecified atom stereocenters. The van der Waals surface area contributed by atoms with Crippen LogP contribution in [0.25, 0.3) is 0 Å². The summed E-state index contributed by atoms with van der Waals surface area (Å²) in [4.78, 5) is 2.38. The maximum atomic E-state index is 9.59. The second kappa shape index (κ2) is 6.73. The van der Waals surface area contributed by atoms with Crippen molar-refractivity contribution in [3.63, 3.8) is 0 Å². The van der Waals surface area contributed by atoms with Crippen LogP contribution in [0.15, 0.2) is 22.7 Å². The van der Waals surface area contributed by atoms with Crippen LogP contribution in [0.2, 0.25) is 0 Å². The van der Waals surface area contributed by atoms with Gasteiger partial charge >= 0.3 is 0 Å². The van der Waals surface area contributed by atoms with Crippen molar-refractivity contribution in [3.8, 4) is 0 Å². The van der Waals surface area contributed by atoms with E-state index in [2.05, 4.69) is 33.8 Å². The summed E-state index contributed by atoms with van der Waals surface area (Å²) < 4.78 is 6.73. The summed E-state index contributed by atoms with van der Waals surface area (Å²) in [6.45, 7) is 6.69. The van der Waals surface area contributed by atoms with Crippen molar-refractivity contribution in [3.05, 3.63) is 28.2 Å². The molecule has 1 aliphatic rings. The van der Waals surface area contributed by atoms with E-state index in [0.717, 1.165) is 42.6 Å². The fourth-order valence-corrected chi connectivity index (χ4v) is 3.19. The van der Waals surface area contributed by atoms with Crippen molar-refractivity contribution < 1.29 is 9.84 Å². The first kappa shape index (κ1) is 14.8. The van der Waals surface area contributed by atoms with Gasteiger partial charge in [0, 0.05) is 24.2 Å². The van der Waals surface area contributed by atoms with Crippen LogP contribution in [-0.4, -0.2) is 30.9 Å². The van der Waals surface area contributed by atoms with Gasteiger partial charge in [-0.15, -0.1) is 0 Å². The number of anilines is 1. The highest BCUT2D eigenvalue weighted by Crippen LogP contribution is 2.31. The molecule has 0 radical (unpaired) electrons. The van der Waals surface area contributed by atoms with Gasteiger partial charge in [-0.2, -0.15) is 0 Å². The average Bonchev–Trinajstić information content (AvgIpc) is 2.40. The summed E-state index contributed by atoms with van der Waals surface area (Å²) in [6, 6.07) is 6.10. The van der Waals surface area contributed by atoms with Gasteiger partial charge in [-0.05, 0) is 60.3 Å². The smallest absolute Gasteiger partial charge is 0.0762 e. The van der Waals surface area contributed by atoms with Crippen molar-refractivity contribution in [2.75, 3.05) is 24.6 Å². The van der Waals surface area contributed by atoms with Crippen molar-refractivity contribution in [2.45, 2.75) is 38.9 Å². The Balaban J connectivity index is 2.03. The van der Waals surface area contributed by atoms with Crippen LogP contribution >= 0.6 is 15.9 Å². The lowest BCUT2D eigenvalue weighted by atomic mass is 10.1. The van der Waals surface area contributed by atoms with Gasteiger partial charge in [0.25, 0.3) is 0 Å². The number of ether oxygens (including phenoxy) is 1. The third kappa shape index (κ3) is 3.71. The third-order valence-corrected chi connectivity index (χ3v) is 4.27. The number of benzene rings is 1. The van der Waals surface area contributed by atoms with Gasteiger partial charge in [0.1, 0.15) is 0 Å². The number of piperidine rings is 1. The van der Waals surface area contributed by atoms with E-state index in [1.165, 1.54) is 5.69 Å². The van der Waals surface area contributed by atoms with E-state index in [1.54, 1.807) is 6.92 Å². The lowest BCUT2D eigenvalue weighted by molar-refractivity contribution is 0.0459. The van der Waals surface area contributed by atoms with Crippen LogP contribution in [0.1, 0.15) is 38.4 Å². The Morgan fingerprint density at radius 3 is 2.63 bits per heavy atom.